The van der Waals surface area contributed by atoms with Gasteiger partial charge in [-0.3, -0.25) is 7.05 Å². The minimum absolute atomic E-state index is 0. The molecule has 2 nitrogen and oxygen atoms in total. The third kappa shape index (κ3) is 5.51. The van der Waals surface area contributed by atoms with Crippen LogP contribution in [0, 0.1) is 44.8 Å². The molecule has 2 rings (SSSR count). The summed E-state index contributed by atoms with van der Waals surface area (Å²) in [6.45, 7) is 4.02. The van der Waals surface area contributed by atoms with Crippen molar-refractivity contribution in [1.82, 2.24) is 4.90 Å². The van der Waals surface area contributed by atoms with Gasteiger partial charge in [-0.25, -0.2) is 0 Å². The van der Waals surface area contributed by atoms with Crippen LogP contribution in [-0.2, 0) is 27.5 Å². The van der Waals surface area contributed by atoms with Crippen molar-refractivity contribution < 1.29 is 63.5 Å². The molecule has 18 heavy (non-hydrogen) atoms. The molecule has 0 amide bonds. The first-order chi connectivity index (χ1) is 7.79. The number of ether oxygens (including phenoxy) is 1. The SMILES string of the molecule is [Ar].[CH2-]N1CCC[C@@H]1COc1ccc(CC)cc1.[W]. The molecule has 1 aliphatic heterocycles. The second-order valence-corrected chi connectivity index (χ2v) is 4.42. The number of hydrogen-bond acceptors (Lipinski definition) is 2. The fourth-order valence-corrected chi connectivity index (χ4v) is 2.10. The number of benzene rings is 1. The molecule has 102 valence electrons. The Kier molecular flexibility index (Phi) is 10.3. The Balaban J connectivity index is 0.00000144. The molecule has 0 aromatic heterocycles. The van der Waals surface area contributed by atoms with Crippen molar-refractivity contribution in [1.29, 1.82) is 0 Å². The van der Waals surface area contributed by atoms with Gasteiger partial charge in [0.1, 0.15) is 12.4 Å². The molecule has 1 aromatic carbocycles. The Morgan fingerprint density at radius 2 is 2.00 bits per heavy atom. The van der Waals surface area contributed by atoms with Crippen LogP contribution in [0.15, 0.2) is 24.3 Å². The number of nitrogens with zero attached hydrogens (tertiary/aromatic N) is 1. The van der Waals surface area contributed by atoms with Crippen LogP contribution < -0.4 is 4.74 Å². The van der Waals surface area contributed by atoms with Gasteiger partial charge in [0.25, 0.3) is 0 Å². The quantitative estimate of drug-likeness (QED) is 0.666. The van der Waals surface area contributed by atoms with E-state index in [4.69, 9.17) is 4.74 Å². The Morgan fingerprint density at radius 1 is 1.33 bits per heavy atom. The van der Waals surface area contributed by atoms with Crippen molar-refractivity contribution in [2.45, 2.75) is 32.2 Å². The number of rotatable bonds is 4. The van der Waals surface area contributed by atoms with Gasteiger partial charge in [-0.2, -0.15) is 0 Å². The first kappa shape index (κ1) is 18.9. The normalized spacial score (nSPS) is 18.9. The minimum atomic E-state index is 0. The Labute approximate surface area is 155 Å². The van der Waals surface area contributed by atoms with Gasteiger partial charge in [0.15, 0.2) is 0 Å². The van der Waals surface area contributed by atoms with Crippen LogP contribution in [0.2, 0.25) is 0 Å². The molecule has 1 aromatic rings. The van der Waals surface area contributed by atoms with Crippen LogP contribution in [0.3, 0.4) is 0 Å². The first-order valence-electron chi connectivity index (χ1n) is 6.08. The second-order valence-electron chi connectivity index (χ2n) is 4.42. The standard InChI is InChI=1S/C14H20NO.Ar.W/c1-3-12-6-8-14(9-7-12)16-11-13-5-4-10-15(13)2;;/h6-9,13H,2-5,10-11H2,1H3;;/q-1;;/t13-;;/m1../s1. The molecular weight excluding hydrogens is 422 g/mol. The summed E-state index contributed by atoms with van der Waals surface area (Å²) in [5.74, 6) is 0.970. The molecule has 1 fully saturated rings. The van der Waals surface area contributed by atoms with Gasteiger partial charge in [0, 0.05) is 64.8 Å². The van der Waals surface area contributed by atoms with Crippen molar-refractivity contribution >= 4 is 0 Å². The number of likely N-dealkylation sites (tertiary alicyclic amines) is 1. The van der Waals surface area contributed by atoms with E-state index in [9.17, 15) is 0 Å². The molecule has 1 aliphatic rings. The van der Waals surface area contributed by atoms with Gasteiger partial charge in [-0.1, -0.05) is 19.1 Å². The summed E-state index contributed by atoms with van der Waals surface area (Å²) in [7, 11) is 4.01. The van der Waals surface area contributed by atoms with Crippen molar-refractivity contribution in [3.8, 4) is 5.75 Å². The molecule has 0 radical (unpaired) electrons. The van der Waals surface area contributed by atoms with E-state index >= 15 is 0 Å². The molecule has 1 heterocycles. The van der Waals surface area contributed by atoms with Gasteiger partial charge in [0.05, 0.1) is 0 Å². The fraction of sp³-hybridized carbons (Fsp3) is 0.500. The molecule has 0 saturated carbocycles. The summed E-state index contributed by atoms with van der Waals surface area (Å²) < 4.78 is 5.78. The van der Waals surface area contributed by atoms with Crippen LogP contribution in [0.1, 0.15) is 25.3 Å². The predicted molar refractivity (Wildman–Crippen MR) is 66.4 cm³/mol. The molecular formula is C14H20ArNOW-. The molecule has 0 spiro atoms. The van der Waals surface area contributed by atoms with E-state index in [0.29, 0.717) is 6.04 Å². The van der Waals surface area contributed by atoms with Gasteiger partial charge >= 0.3 is 0 Å². The summed E-state index contributed by atoms with van der Waals surface area (Å²) in [5.41, 5.74) is 1.35. The van der Waals surface area contributed by atoms with Gasteiger partial charge < -0.3 is 9.64 Å². The summed E-state index contributed by atoms with van der Waals surface area (Å²) in [6.07, 6.45) is 3.53. The van der Waals surface area contributed by atoms with Crippen molar-refractivity contribution in [3.05, 3.63) is 36.9 Å². The van der Waals surface area contributed by atoms with E-state index in [1.807, 2.05) is 0 Å². The Morgan fingerprint density at radius 3 is 2.50 bits per heavy atom. The van der Waals surface area contributed by atoms with Crippen molar-refractivity contribution in [2.24, 2.45) is 0 Å². The minimum Gasteiger partial charge on any atom is -0.492 e. The maximum atomic E-state index is 5.78. The molecule has 0 aliphatic carbocycles. The average Bonchev–Trinajstić information content (AvgIpc) is 2.73. The van der Waals surface area contributed by atoms with Gasteiger partial charge in [-0.15, -0.1) is 0 Å². The number of aryl methyl sites for hydroxylation is 1. The van der Waals surface area contributed by atoms with E-state index in [-0.39, 0.29) is 58.8 Å². The Hall–Kier alpha value is 0.928. The third-order valence-corrected chi connectivity index (χ3v) is 3.27. The maximum absolute atomic E-state index is 5.78. The monoisotopic (exact) mass is 442 g/mol. The summed E-state index contributed by atoms with van der Waals surface area (Å²) in [4.78, 5) is 2.14. The van der Waals surface area contributed by atoms with E-state index < -0.39 is 0 Å². The van der Waals surface area contributed by atoms with Crippen LogP contribution in [0.4, 0.5) is 0 Å². The van der Waals surface area contributed by atoms with Gasteiger partial charge in [0.2, 0.25) is 0 Å². The maximum Gasteiger partial charge on any atom is 0.119 e. The largest absolute Gasteiger partial charge is 0.492 e. The molecule has 4 heteroatoms. The van der Waals surface area contributed by atoms with Crippen LogP contribution in [0.25, 0.3) is 0 Å². The summed E-state index contributed by atoms with van der Waals surface area (Å²) >= 11 is 0. The first-order valence-corrected chi connectivity index (χ1v) is 6.08. The Bertz CT molecular complexity index is 331. The smallest absolute Gasteiger partial charge is 0.119 e. The van der Waals surface area contributed by atoms with E-state index in [0.717, 1.165) is 25.3 Å². The molecule has 0 bridgehead atoms. The van der Waals surface area contributed by atoms with Crippen LogP contribution in [0.5, 0.6) is 5.75 Å². The van der Waals surface area contributed by atoms with Crippen LogP contribution >= 0.6 is 0 Å². The van der Waals surface area contributed by atoms with Gasteiger partial charge in [-0.05, 0) is 43.5 Å². The predicted octanol–water partition coefficient (Wildman–Crippen LogP) is 2.88. The van der Waals surface area contributed by atoms with Crippen molar-refractivity contribution in [2.75, 3.05) is 13.2 Å². The average molecular weight is 442 g/mol. The van der Waals surface area contributed by atoms with Crippen molar-refractivity contribution in [3.63, 3.8) is 0 Å². The fourth-order valence-electron chi connectivity index (χ4n) is 2.10. The molecule has 1 saturated heterocycles. The zero-order valence-electron chi connectivity index (χ0n) is 10.7. The topological polar surface area (TPSA) is 12.5 Å². The number of hydrogen-bond donors (Lipinski definition) is 0. The van der Waals surface area contributed by atoms with E-state index in [1.54, 1.807) is 0 Å². The molecule has 0 N–H and O–H groups in total. The second kappa shape index (κ2) is 9.77. The third-order valence-electron chi connectivity index (χ3n) is 3.27. The zero-order chi connectivity index (χ0) is 11.4. The van der Waals surface area contributed by atoms with Crippen LogP contribution in [-0.4, -0.2) is 24.1 Å². The van der Waals surface area contributed by atoms with E-state index in [2.05, 4.69) is 43.1 Å². The molecule has 1 atom stereocenters. The molecule has 0 unspecified atom stereocenters. The summed E-state index contributed by atoms with van der Waals surface area (Å²) in [5, 5.41) is 0. The van der Waals surface area contributed by atoms with E-state index in [1.165, 1.54) is 18.4 Å². The summed E-state index contributed by atoms with van der Waals surface area (Å²) in [6, 6.07) is 8.87. The zero-order valence-corrected chi connectivity index (χ0v) is 14.4.